The molecule has 0 unspecified atom stereocenters. The van der Waals surface area contributed by atoms with Crippen LogP contribution in [-0.4, -0.2) is 43.5 Å². The number of methoxy groups -OCH3 is 2. The number of halogens is 1. The molecule has 4 aromatic rings. The van der Waals surface area contributed by atoms with Gasteiger partial charge in [-0.2, -0.15) is 0 Å². The number of carbonyl (C=O) groups excluding carboxylic acids is 1. The van der Waals surface area contributed by atoms with Gasteiger partial charge >= 0.3 is 0 Å². The average molecular weight is 630 g/mol. The van der Waals surface area contributed by atoms with Gasteiger partial charge in [-0.1, -0.05) is 35.9 Å². The Balaban J connectivity index is 1.55. The van der Waals surface area contributed by atoms with Crippen molar-refractivity contribution in [1.82, 2.24) is 0 Å². The molecular weight excluding hydrogens is 602 g/mol. The topological polar surface area (TPSA) is 131 Å². The lowest BCUT2D eigenvalue weighted by Crippen LogP contribution is -2.38. The highest BCUT2D eigenvalue weighted by molar-refractivity contribution is 7.93. The van der Waals surface area contributed by atoms with E-state index in [1.165, 1.54) is 56.7 Å². The Kier molecular flexibility index (Phi) is 9.30. The van der Waals surface area contributed by atoms with Gasteiger partial charge in [0.15, 0.2) is 0 Å². The fourth-order valence-corrected chi connectivity index (χ4v) is 6.76. The minimum absolute atomic E-state index is 0.00639. The Bertz CT molecular complexity index is 1800. The van der Waals surface area contributed by atoms with Crippen molar-refractivity contribution in [1.29, 1.82) is 0 Å². The van der Waals surface area contributed by atoms with E-state index in [1.54, 1.807) is 55.5 Å². The van der Waals surface area contributed by atoms with Crippen molar-refractivity contribution in [3.05, 3.63) is 102 Å². The summed E-state index contributed by atoms with van der Waals surface area (Å²) in [6, 6.07) is 22.6. The van der Waals surface area contributed by atoms with Crippen molar-refractivity contribution in [3.63, 3.8) is 0 Å². The van der Waals surface area contributed by atoms with Crippen LogP contribution in [0.25, 0.3) is 0 Å². The van der Waals surface area contributed by atoms with Gasteiger partial charge in [0, 0.05) is 16.8 Å². The third kappa shape index (κ3) is 6.78. The van der Waals surface area contributed by atoms with Gasteiger partial charge in [-0.15, -0.1) is 0 Å². The molecule has 2 N–H and O–H groups in total. The Morgan fingerprint density at radius 1 is 0.833 bits per heavy atom. The summed E-state index contributed by atoms with van der Waals surface area (Å²) in [5.74, 6) is 0.0831. The number of hydrogen-bond acceptors (Lipinski definition) is 7. The van der Waals surface area contributed by atoms with Crippen LogP contribution in [0.15, 0.2) is 101 Å². The van der Waals surface area contributed by atoms with Crippen molar-refractivity contribution < 1.29 is 31.1 Å². The van der Waals surface area contributed by atoms with E-state index in [1.807, 2.05) is 0 Å². The van der Waals surface area contributed by atoms with Crippen LogP contribution in [0, 0.1) is 6.92 Å². The monoisotopic (exact) mass is 629 g/mol. The smallest absolute Gasteiger partial charge is 0.264 e. The van der Waals surface area contributed by atoms with Crippen molar-refractivity contribution >= 4 is 54.6 Å². The van der Waals surface area contributed by atoms with Gasteiger partial charge in [0.05, 0.1) is 35.4 Å². The number of amides is 1. The van der Waals surface area contributed by atoms with Crippen LogP contribution in [-0.2, 0) is 24.8 Å². The summed E-state index contributed by atoms with van der Waals surface area (Å²) in [6.07, 6.45) is 0. The molecule has 0 spiro atoms. The molecule has 0 aliphatic rings. The van der Waals surface area contributed by atoms with E-state index in [2.05, 4.69) is 10.0 Å². The molecule has 42 heavy (non-hydrogen) atoms. The van der Waals surface area contributed by atoms with Crippen LogP contribution < -0.4 is 23.8 Å². The Morgan fingerprint density at radius 2 is 1.52 bits per heavy atom. The number of ether oxygens (including phenoxy) is 2. The predicted molar refractivity (Wildman–Crippen MR) is 163 cm³/mol. The molecule has 0 fully saturated rings. The van der Waals surface area contributed by atoms with Crippen molar-refractivity contribution in [2.45, 2.75) is 16.7 Å². The minimum atomic E-state index is -4.14. The quantitative estimate of drug-likeness (QED) is 0.230. The first-order valence-corrected chi connectivity index (χ1v) is 15.7. The summed E-state index contributed by atoms with van der Waals surface area (Å²) in [5.41, 5.74) is 1.19. The lowest BCUT2D eigenvalue weighted by atomic mass is 10.2. The summed E-state index contributed by atoms with van der Waals surface area (Å²) < 4.78 is 67.1. The van der Waals surface area contributed by atoms with E-state index in [0.717, 1.165) is 4.31 Å². The lowest BCUT2D eigenvalue weighted by molar-refractivity contribution is -0.114. The molecule has 0 saturated carbocycles. The fraction of sp³-hybridized carbons (Fsp3) is 0.138. The third-order valence-corrected chi connectivity index (χ3v) is 9.79. The van der Waals surface area contributed by atoms with Crippen LogP contribution in [0.3, 0.4) is 0 Å². The van der Waals surface area contributed by atoms with Gasteiger partial charge in [-0.25, -0.2) is 16.8 Å². The number of benzene rings is 4. The maximum absolute atomic E-state index is 13.6. The number of rotatable bonds is 11. The van der Waals surface area contributed by atoms with Crippen LogP contribution in [0.1, 0.15) is 5.56 Å². The highest BCUT2D eigenvalue weighted by Crippen LogP contribution is 2.32. The van der Waals surface area contributed by atoms with E-state index in [0.29, 0.717) is 22.1 Å². The Labute approximate surface area is 250 Å². The first-order chi connectivity index (χ1) is 20.0. The Morgan fingerprint density at radius 3 is 2.17 bits per heavy atom. The van der Waals surface area contributed by atoms with E-state index in [-0.39, 0.29) is 26.9 Å². The minimum Gasteiger partial charge on any atom is -0.497 e. The molecule has 13 heteroatoms. The molecule has 10 nitrogen and oxygen atoms in total. The number of nitrogens with one attached hydrogen (secondary N) is 2. The number of nitrogens with zero attached hydrogens (tertiary/aromatic N) is 1. The zero-order valence-electron chi connectivity index (χ0n) is 22.9. The second kappa shape index (κ2) is 12.7. The SMILES string of the molecule is COc1ccc(OC)c(NS(=O)(=O)c2ccc(NC(=O)CN(c3cccc(Cl)c3C)S(=O)(=O)c3ccccc3)cc2)c1. The molecule has 0 radical (unpaired) electrons. The molecule has 220 valence electrons. The van der Waals surface area contributed by atoms with Crippen LogP contribution >= 0.6 is 11.6 Å². The first-order valence-electron chi connectivity index (χ1n) is 12.4. The normalized spacial score (nSPS) is 11.4. The summed E-state index contributed by atoms with van der Waals surface area (Å²) in [5, 5.41) is 2.98. The largest absolute Gasteiger partial charge is 0.497 e. The van der Waals surface area contributed by atoms with Crippen LogP contribution in [0.4, 0.5) is 17.1 Å². The molecule has 1 amide bonds. The number of hydrogen-bond donors (Lipinski definition) is 2. The molecule has 0 aliphatic heterocycles. The van der Waals surface area contributed by atoms with Gasteiger partial charge in [-0.05, 0) is 73.2 Å². The number of anilines is 3. The van der Waals surface area contributed by atoms with Crippen LogP contribution in [0.2, 0.25) is 5.02 Å². The van der Waals surface area contributed by atoms with E-state index >= 15 is 0 Å². The van der Waals surface area contributed by atoms with Crippen molar-refractivity contribution in [2.24, 2.45) is 0 Å². The van der Waals surface area contributed by atoms with Gasteiger partial charge in [0.1, 0.15) is 18.0 Å². The zero-order chi connectivity index (χ0) is 30.5. The molecule has 0 saturated heterocycles. The summed E-state index contributed by atoms with van der Waals surface area (Å²) in [7, 11) is -5.30. The molecular formula is C29H28ClN3O7S2. The van der Waals surface area contributed by atoms with Crippen LogP contribution in [0.5, 0.6) is 11.5 Å². The third-order valence-electron chi connectivity index (χ3n) is 6.23. The maximum Gasteiger partial charge on any atom is 0.264 e. The van der Waals surface area contributed by atoms with E-state index < -0.39 is 32.5 Å². The second-order valence-electron chi connectivity index (χ2n) is 8.95. The number of carbonyl (C=O) groups is 1. The average Bonchev–Trinajstić information content (AvgIpc) is 2.98. The van der Waals surface area contributed by atoms with Gasteiger partial charge < -0.3 is 14.8 Å². The zero-order valence-corrected chi connectivity index (χ0v) is 25.3. The lowest BCUT2D eigenvalue weighted by Gasteiger charge is -2.26. The standard InChI is InChI=1S/C29H28ClN3O7S2/c1-20-25(30)10-7-11-27(20)33(42(37,38)24-8-5-4-6-9-24)19-29(34)31-21-12-15-23(16-13-21)41(35,36)32-26-18-22(39-2)14-17-28(26)40-3/h4-18,32H,19H2,1-3H3,(H,31,34). The predicted octanol–water partition coefficient (Wildman–Crippen LogP) is 5.30. The van der Waals surface area contributed by atoms with Crippen molar-refractivity contribution in [3.8, 4) is 11.5 Å². The first kappa shape index (κ1) is 30.7. The van der Waals surface area contributed by atoms with E-state index in [4.69, 9.17) is 21.1 Å². The molecule has 4 aromatic carbocycles. The summed E-state index contributed by atoms with van der Waals surface area (Å²) in [4.78, 5) is 13.0. The molecule has 0 aromatic heterocycles. The van der Waals surface area contributed by atoms with E-state index in [9.17, 15) is 21.6 Å². The highest BCUT2D eigenvalue weighted by atomic mass is 35.5. The highest BCUT2D eigenvalue weighted by Gasteiger charge is 2.29. The number of sulfonamides is 2. The maximum atomic E-state index is 13.6. The fourth-order valence-electron chi connectivity index (χ4n) is 4.03. The van der Waals surface area contributed by atoms with Gasteiger partial charge in [0.25, 0.3) is 20.0 Å². The molecule has 0 bridgehead atoms. The molecule has 0 atom stereocenters. The molecule has 4 rings (SSSR count). The molecule has 0 aliphatic carbocycles. The second-order valence-corrected chi connectivity index (χ2v) is 12.9. The summed E-state index contributed by atoms with van der Waals surface area (Å²) in [6.45, 7) is 1.10. The Hall–Kier alpha value is -4.26. The van der Waals surface area contributed by atoms with Gasteiger partial charge in [0.2, 0.25) is 5.91 Å². The summed E-state index contributed by atoms with van der Waals surface area (Å²) >= 11 is 6.27. The van der Waals surface area contributed by atoms with Gasteiger partial charge in [-0.3, -0.25) is 13.8 Å². The molecule has 0 heterocycles. The van der Waals surface area contributed by atoms with Crippen molar-refractivity contribution in [2.75, 3.05) is 35.1 Å².